The van der Waals surface area contributed by atoms with Gasteiger partial charge in [-0.3, -0.25) is 0 Å². The fourth-order valence-corrected chi connectivity index (χ4v) is 3.19. The van der Waals surface area contributed by atoms with Crippen molar-refractivity contribution in [2.24, 2.45) is 0 Å². The van der Waals surface area contributed by atoms with E-state index in [1.165, 1.54) is 26.9 Å². The molecule has 3 nitrogen and oxygen atoms in total. The van der Waals surface area contributed by atoms with Crippen molar-refractivity contribution in [3.8, 4) is 0 Å². The fraction of sp³-hybridized carbons (Fsp3) is 0.400. The van der Waals surface area contributed by atoms with Gasteiger partial charge in [0.1, 0.15) is 0 Å². The first kappa shape index (κ1) is 10.7. The summed E-state index contributed by atoms with van der Waals surface area (Å²) in [6, 6.07) is 2.41. The van der Waals surface area contributed by atoms with E-state index in [-0.39, 0.29) is 6.04 Å². The van der Waals surface area contributed by atoms with Crippen LogP contribution in [0.2, 0.25) is 0 Å². The van der Waals surface area contributed by atoms with Gasteiger partial charge in [-0.05, 0) is 42.0 Å². The lowest BCUT2D eigenvalue weighted by atomic mass is 10.1. The van der Waals surface area contributed by atoms with Crippen molar-refractivity contribution in [2.75, 3.05) is 6.54 Å². The Morgan fingerprint density at radius 3 is 2.93 bits per heavy atom. The Hall–Kier alpha value is -0.780. The Bertz CT molecular complexity index is 408. The second-order valence-corrected chi connectivity index (χ2v) is 5.04. The monoisotopic (exact) mass is 239 g/mol. The minimum Gasteiger partial charge on any atom is -0.305 e. The SMILES string of the molecule is CCNC(c1cnns1)c1sccc1C. The highest BCUT2D eigenvalue weighted by Crippen LogP contribution is 2.30. The molecule has 0 aliphatic heterocycles. The van der Waals surface area contributed by atoms with E-state index in [0.717, 1.165) is 6.54 Å². The standard InChI is InChI=1S/C10H13N3S2/c1-3-11-9(8-6-12-13-15-8)10-7(2)4-5-14-10/h4-6,9,11H,3H2,1-2H3. The van der Waals surface area contributed by atoms with Gasteiger partial charge in [0.15, 0.2) is 0 Å². The maximum Gasteiger partial charge on any atom is 0.0799 e. The van der Waals surface area contributed by atoms with Crippen molar-refractivity contribution in [3.63, 3.8) is 0 Å². The maximum absolute atomic E-state index is 3.92. The molecule has 0 aromatic carbocycles. The Morgan fingerprint density at radius 2 is 2.40 bits per heavy atom. The lowest BCUT2D eigenvalue weighted by molar-refractivity contribution is 0.645. The number of nitrogens with one attached hydrogen (secondary N) is 1. The summed E-state index contributed by atoms with van der Waals surface area (Å²) in [5, 5.41) is 9.50. The van der Waals surface area contributed by atoms with E-state index in [2.05, 4.69) is 40.2 Å². The van der Waals surface area contributed by atoms with Gasteiger partial charge in [-0.1, -0.05) is 11.4 Å². The zero-order valence-corrected chi connectivity index (χ0v) is 10.4. The third-order valence-corrected chi connectivity index (χ3v) is 4.05. The van der Waals surface area contributed by atoms with E-state index in [1.807, 2.05) is 6.20 Å². The Balaban J connectivity index is 2.32. The van der Waals surface area contributed by atoms with E-state index in [0.29, 0.717) is 0 Å². The smallest absolute Gasteiger partial charge is 0.0799 e. The highest BCUT2D eigenvalue weighted by atomic mass is 32.1. The quantitative estimate of drug-likeness (QED) is 0.891. The van der Waals surface area contributed by atoms with Gasteiger partial charge >= 0.3 is 0 Å². The molecular weight excluding hydrogens is 226 g/mol. The van der Waals surface area contributed by atoms with Gasteiger partial charge in [0.05, 0.1) is 17.1 Å². The minimum atomic E-state index is 0.259. The number of hydrogen-bond acceptors (Lipinski definition) is 5. The summed E-state index contributed by atoms with van der Waals surface area (Å²) in [4.78, 5) is 2.55. The largest absolute Gasteiger partial charge is 0.305 e. The predicted octanol–water partition coefficient (Wildman–Crippen LogP) is 2.61. The van der Waals surface area contributed by atoms with Crippen LogP contribution in [0.3, 0.4) is 0 Å². The maximum atomic E-state index is 3.92. The molecule has 1 unspecified atom stereocenters. The van der Waals surface area contributed by atoms with Gasteiger partial charge in [-0.25, -0.2) is 0 Å². The number of aromatic nitrogens is 2. The van der Waals surface area contributed by atoms with Crippen LogP contribution in [0.1, 0.15) is 28.3 Å². The molecule has 2 heterocycles. The zero-order valence-electron chi connectivity index (χ0n) is 8.73. The number of nitrogens with zero attached hydrogens (tertiary/aromatic N) is 2. The summed E-state index contributed by atoms with van der Waals surface area (Å²) in [5.74, 6) is 0. The van der Waals surface area contributed by atoms with Gasteiger partial charge in [-0.15, -0.1) is 16.4 Å². The molecule has 0 spiro atoms. The van der Waals surface area contributed by atoms with Gasteiger partial charge in [0, 0.05) is 4.88 Å². The summed E-state index contributed by atoms with van der Waals surface area (Å²) in [5.41, 5.74) is 1.33. The third kappa shape index (κ3) is 2.25. The van der Waals surface area contributed by atoms with E-state index in [4.69, 9.17) is 0 Å². The second-order valence-electron chi connectivity index (χ2n) is 3.28. The highest BCUT2D eigenvalue weighted by Gasteiger charge is 2.18. The molecule has 0 bridgehead atoms. The van der Waals surface area contributed by atoms with Crippen molar-refractivity contribution in [1.82, 2.24) is 14.9 Å². The zero-order chi connectivity index (χ0) is 10.7. The van der Waals surface area contributed by atoms with Crippen molar-refractivity contribution >= 4 is 22.9 Å². The van der Waals surface area contributed by atoms with Crippen LogP contribution in [-0.2, 0) is 0 Å². The van der Waals surface area contributed by atoms with Crippen molar-refractivity contribution < 1.29 is 0 Å². The second kappa shape index (κ2) is 4.83. The first-order valence-corrected chi connectivity index (χ1v) is 6.53. The first-order valence-electron chi connectivity index (χ1n) is 4.87. The molecule has 1 N–H and O–H groups in total. The normalized spacial score (nSPS) is 12.9. The predicted molar refractivity (Wildman–Crippen MR) is 64.5 cm³/mol. The average molecular weight is 239 g/mol. The van der Waals surface area contributed by atoms with Crippen LogP contribution in [0, 0.1) is 6.92 Å². The van der Waals surface area contributed by atoms with Crippen LogP contribution in [0.5, 0.6) is 0 Å². The molecule has 0 saturated heterocycles. The van der Waals surface area contributed by atoms with E-state index in [1.54, 1.807) is 11.3 Å². The van der Waals surface area contributed by atoms with Gasteiger partial charge in [-0.2, -0.15) is 0 Å². The summed E-state index contributed by atoms with van der Waals surface area (Å²) >= 11 is 3.25. The van der Waals surface area contributed by atoms with Crippen LogP contribution < -0.4 is 5.32 Å². The van der Waals surface area contributed by atoms with E-state index in [9.17, 15) is 0 Å². The van der Waals surface area contributed by atoms with Crippen molar-refractivity contribution in [2.45, 2.75) is 19.9 Å². The molecule has 0 radical (unpaired) electrons. The van der Waals surface area contributed by atoms with Gasteiger partial charge in [0.2, 0.25) is 0 Å². The van der Waals surface area contributed by atoms with Crippen LogP contribution in [0.15, 0.2) is 17.6 Å². The summed E-state index contributed by atoms with van der Waals surface area (Å²) in [6.45, 7) is 5.20. The topological polar surface area (TPSA) is 37.8 Å². The molecule has 2 aromatic heterocycles. The minimum absolute atomic E-state index is 0.259. The third-order valence-electron chi connectivity index (χ3n) is 2.24. The van der Waals surface area contributed by atoms with Crippen LogP contribution >= 0.6 is 22.9 Å². The van der Waals surface area contributed by atoms with Crippen molar-refractivity contribution in [1.29, 1.82) is 0 Å². The fourth-order valence-electron chi connectivity index (χ4n) is 1.51. The number of thiophene rings is 1. The van der Waals surface area contributed by atoms with Crippen LogP contribution in [-0.4, -0.2) is 16.1 Å². The van der Waals surface area contributed by atoms with Crippen LogP contribution in [0.25, 0.3) is 0 Å². The summed E-state index contributed by atoms with van der Waals surface area (Å²) < 4.78 is 3.92. The molecular formula is C10H13N3S2. The van der Waals surface area contributed by atoms with Crippen LogP contribution in [0.4, 0.5) is 0 Å². The Kier molecular flexibility index (Phi) is 3.45. The number of rotatable bonds is 4. The molecule has 0 amide bonds. The van der Waals surface area contributed by atoms with Gasteiger partial charge in [0.25, 0.3) is 0 Å². The first-order chi connectivity index (χ1) is 7.33. The summed E-state index contributed by atoms with van der Waals surface area (Å²) in [7, 11) is 0. The highest BCUT2D eigenvalue weighted by molar-refractivity contribution is 7.10. The van der Waals surface area contributed by atoms with E-state index >= 15 is 0 Å². The number of hydrogen-bond donors (Lipinski definition) is 1. The molecule has 15 heavy (non-hydrogen) atoms. The molecule has 0 aliphatic carbocycles. The Morgan fingerprint density at radius 1 is 1.53 bits per heavy atom. The number of aryl methyl sites for hydroxylation is 1. The van der Waals surface area contributed by atoms with Crippen molar-refractivity contribution in [3.05, 3.63) is 33.0 Å². The molecule has 0 aliphatic rings. The molecule has 5 heteroatoms. The molecule has 1 atom stereocenters. The molecule has 2 rings (SSSR count). The molecule has 2 aromatic rings. The summed E-state index contributed by atoms with van der Waals surface area (Å²) in [6.07, 6.45) is 1.84. The molecule has 0 saturated carbocycles. The van der Waals surface area contributed by atoms with E-state index < -0.39 is 0 Å². The Labute approximate surface area is 97.3 Å². The molecule has 80 valence electrons. The molecule has 0 fully saturated rings. The average Bonchev–Trinajstić information content (AvgIpc) is 2.85. The lowest BCUT2D eigenvalue weighted by Crippen LogP contribution is -2.20. The lowest BCUT2D eigenvalue weighted by Gasteiger charge is -2.14. The van der Waals surface area contributed by atoms with Gasteiger partial charge < -0.3 is 5.32 Å².